The molecule has 1 aromatic carbocycles. The molecule has 0 bridgehead atoms. The van der Waals surface area contributed by atoms with Crippen molar-refractivity contribution in [1.82, 2.24) is 9.71 Å². The summed E-state index contributed by atoms with van der Waals surface area (Å²) in [5, 5.41) is 12.1. The highest BCUT2D eigenvalue weighted by molar-refractivity contribution is 7.90. The van der Waals surface area contributed by atoms with E-state index in [-0.39, 0.29) is 5.13 Å². The molecule has 0 radical (unpaired) electrons. The lowest BCUT2D eigenvalue weighted by Crippen LogP contribution is -2.42. The van der Waals surface area contributed by atoms with Gasteiger partial charge in [0.05, 0.1) is 16.6 Å². The summed E-state index contributed by atoms with van der Waals surface area (Å²) in [4.78, 5) is 15.3. The number of amides is 1. The van der Waals surface area contributed by atoms with E-state index in [1.54, 1.807) is 18.3 Å². The summed E-state index contributed by atoms with van der Waals surface area (Å²) >= 11 is 11.8. The molecule has 25 heavy (non-hydrogen) atoms. The SMILES string of the molecule is CC(C)(Cc1ccc(Cl)c(Cl)c1)[S+]([O-])NCc1cnc(NC(=O)O)s1. The molecule has 1 heterocycles. The first-order valence-corrected chi connectivity index (χ1v) is 9.93. The molecule has 1 amide bonds. The molecular formula is C15H17Cl2N3O3S2. The summed E-state index contributed by atoms with van der Waals surface area (Å²) in [6, 6.07) is 5.36. The third-order valence-corrected chi connectivity index (χ3v) is 6.47. The van der Waals surface area contributed by atoms with Crippen LogP contribution in [0.1, 0.15) is 24.3 Å². The summed E-state index contributed by atoms with van der Waals surface area (Å²) in [7, 11) is 0. The molecule has 6 nitrogen and oxygen atoms in total. The normalized spacial score (nSPS) is 12.8. The molecule has 1 atom stereocenters. The second-order valence-corrected chi connectivity index (χ2v) is 9.70. The van der Waals surface area contributed by atoms with Gasteiger partial charge in [-0.05, 0) is 31.5 Å². The summed E-state index contributed by atoms with van der Waals surface area (Å²) in [6.07, 6.45) is 0.935. The minimum Gasteiger partial charge on any atom is -0.598 e. The lowest BCUT2D eigenvalue weighted by Gasteiger charge is -2.28. The van der Waals surface area contributed by atoms with Gasteiger partial charge in [-0.2, -0.15) is 0 Å². The molecule has 2 rings (SSSR count). The van der Waals surface area contributed by atoms with Crippen molar-refractivity contribution in [3.05, 3.63) is 44.9 Å². The summed E-state index contributed by atoms with van der Waals surface area (Å²) < 4.78 is 15.0. The number of hydrogen-bond donors (Lipinski definition) is 3. The highest BCUT2D eigenvalue weighted by Gasteiger charge is 2.33. The molecule has 136 valence electrons. The van der Waals surface area contributed by atoms with Crippen LogP contribution >= 0.6 is 34.5 Å². The molecule has 0 aliphatic rings. The van der Waals surface area contributed by atoms with E-state index in [0.717, 1.165) is 10.4 Å². The van der Waals surface area contributed by atoms with E-state index in [1.165, 1.54) is 11.3 Å². The van der Waals surface area contributed by atoms with Crippen LogP contribution in [0.3, 0.4) is 0 Å². The number of halogens is 2. The number of hydrogen-bond acceptors (Lipinski definition) is 5. The van der Waals surface area contributed by atoms with E-state index in [2.05, 4.69) is 15.0 Å². The Hall–Kier alpha value is -1.03. The minimum atomic E-state index is -1.33. The Balaban J connectivity index is 1.93. The van der Waals surface area contributed by atoms with Gasteiger partial charge in [-0.3, -0.25) is 5.32 Å². The van der Waals surface area contributed by atoms with E-state index < -0.39 is 22.2 Å². The number of thiazole rings is 1. The maximum Gasteiger partial charge on any atom is 0.410 e. The number of nitrogens with zero attached hydrogens (tertiary/aromatic N) is 1. The van der Waals surface area contributed by atoms with Gasteiger partial charge in [0, 0.05) is 28.9 Å². The van der Waals surface area contributed by atoms with Crippen molar-refractivity contribution in [2.45, 2.75) is 31.6 Å². The van der Waals surface area contributed by atoms with Gasteiger partial charge < -0.3 is 9.66 Å². The van der Waals surface area contributed by atoms with Crippen LogP contribution in [0.2, 0.25) is 10.0 Å². The Bertz CT molecular complexity index is 755. The zero-order valence-electron chi connectivity index (χ0n) is 13.5. The monoisotopic (exact) mass is 421 g/mol. The highest BCUT2D eigenvalue weighted by atomic mass is 35.5. The number of carbonyl (C=O) groups is 1. The third kappa shape index (κ3) is 6.02. The average Bonchev–Trinajstić information content (AvgIpc) is 2.95. The van der Waals surface area contributed by atoms with Gasteiger partial charge in [0.15, 0.2) is 5.13 Å². The van der Waals surface area contributed by atoms with E-state index in [1.807, 2.05) is 19.9 Å². The second kappa shape index (κ2) is 8.57. The molecule has 0 aliphatic carbocycles. The van der Waals surface area contributed by atoms with E-state index >= 15 is 0 Å². The molecule has 1 aromatic heterocycles. The predicted octanol–water partition coefficient (Wildman–Crippen LogP) is 4.31. The number of nitrogens with one attached hydrogen (secondary N) is 2. The second-order valence-electron chi connectivity index (χ2n) is 5.84. The lowest BCUT2D eigenvalue weighted by atomic mass is 10.0. The van der Waals surface area contributed by atoms with Crippen molar-refractivity contribution in [3.8, 4) is 0 Å². The molecule has 0 spiro atoms. The number of benzene rings is 1. The van der Waals surface area contributed by atoms with Gasteiger partial charge in [0.25, 0.3) is 0 Å². The minimum absolute atomic E-state index is 0.283. The molecule has 3 N–H and O–H groups in total. The van der Waals surface area contributed by atoms with Gasteiger partial charge >= 0.3 is 6.09 Å². The largest absolute Gasteiger partial charge is 0.598 e. The molecule has 2 aromatic rings. The Labute approximate surface area is 162 Å². The van der Waals surface area contributed by atoms with Crippen molar-refractivity contribution < 1.29 is 14.5 Å². The maximum absolute atomic E-state index is 12.6. The molecule has 0 aliphatic heterocycles. The Morgan fingerprint density at radius 2 is 2.12 bits per heavy atom. The van der Waals surface area contributed by atoms with Crippen LogP contribution in [0.25, 0.3) is 0 Å². The van der Waals surface area contributed by atoms with Crippen LogP contribution in [-0.4, -0.2) is 25.5 Å². The van der Waals surface area contributed by atoms with Gasteiger partial charge in [0.2, 0.25) is 0 Å². The summed E-state index contributed by atoms with van der Waals surface area (Å²) in [5.74, 6) is 0. The Morgan fingerprint density at radius 3 is 2.76 bits per heavy atom. The van der Waals surface area contributed by atoms with Gasteiger partial charge in [-0.25, -0.2) is 9.78 Å². The Kier molecular flexibility index (Phi) is 6.95. The molecular weight excluding hydrogens is 405 g/mol. The van der Waals surface area contributed by atoms with Gasteiger partial charge in [0.1, 0.15) is 4.75 Å². The van der Waals surface area contributed by atoms with Crippen LogP contribution in [-0.2, 0) is 24.3 Å². The van der Waals surface area contributed by atoms with Crippen molar-refractivity contribution in [2.75, 3.05) is 5.32 Å². The quantitative estimate of drug-likeness (QED) is 0.578. The highest BCUT2D eigenvalue weighted by Crippen LogP contribution is 2.27. The first-order chi connectivity index (χ1) is 11.7. The number of anilines is 1. The predicted molar refractivity (Wildman–Crippen MR) is 103 cm³/mol. The topological polar surface area (TPSA) is 97.3 Å². The molecule has 0 saturated carbocycles. The van der Waals surface area contributed by atoms with Crippen LogP contribution in [0.5, 0.6) is 0 Å². The summed E-state index contributed by atoms with van der Waals surface area (Å²) in [5.41, 5.74) is 0.945. The molecule has 10 heteroatoms. The number of carboxylic acid groups (broad SMARTS) is 1. The van der Waals surface area contributed by atoms with Crippen LogP contribution in [0.15, 0.2) is 24.4 Å². The first kappa shape index (κ1) is 20.3. The fraction of sp³-hybridized carbons (Fsp3) is 0.333. The van der Waals surface area contributed by atoms with Crippen molar-refractivity contribution in [2.24, 2.45) is 0 Å². The zero-order chi connectivity index (χ0) is 18.6. The third-order valence-electron chi connectivity index (χ3n) is 3.26. The number of aromatic nitrogens is 1. The van der Waals surface area contributed by atoms with Crippen LogP contribution in [0, 0.1) is 0 Å². The summed E-state index contributed by atoms with van der Waals surface area (Å²) in [6.45, 7) is 4.11. The molecule has 1 unspecified atom stereocenters. The van der Waals surface area contributed by atoms with Crippen molar-refractivity contribution in [1.29, 1.82) is 0 Å². The van der Waals surface area contributed by atoms with E-state index in [9.17, 15) is 9.35 Å². The fourth-order valence-corrected chi connectivity index (χ4v) is 4.21. The van der Waals surface area contributed by atoms with E-state index in [0.29, 0.717) is 23.0 Å². The molecule has 0 fully saturated rings. The van der Waals surface area contributed by atoms with Crippen molar-refractivity contribution >= 4 is 57.1 Å². The average molecular weight is 422 g/mol. The smallest absolute Gasteiger partial charge is 0.410 e. The van der Waals surface area contributed by atoms with Crippen LogP contribution < -0.4 is 10.0 Å². The van der Waals surface area contributed by atoms with Crippen molar-refractivity contribution in [3.63, 3.8) is 0 Å². The Morgan fingerprint density at radius 1 is 1.40 bits per heavy atom. The first-order valence-electron chi connectivity index (χ1n) is 7.21. The van der Waals surface area contributed by atoms with Crippen LogP contribution in [0.4, 0.5) is 9.93 Å². The fourth-order valence-electron chi connectivity index (χ4n) is 2.08. The van der Waals surface area contributed by atoms with Gasteiger partial charge in [-0.15, -0.1) is 16.1 Å². The zero-order valence-corrected chi connectivity index (χ0v) is 16.7. The lowest BCUT2D eigenvalue weighted by molar-refractivity contribution is 0.209. The molecule has 0 saturated heterocycles. The number of rotatable bonds is 7. The maximum atomic E-state index is 12.6. The standard InChI is InChI=1S/C15H17Cl2N3O3S2/c1-15(2,6-9-3-4-11(16)12(17)5-9)25(23)19-8-10-7-18-13(24-10)20-14(21)22/h3-5,7,19H,6,8H2,1-2H3,(H,18,20)(H,21,22). The van der Waals surface area contributed by atoms with E-state index in [4.69, 9.17) is 28.3 Å². The van der Waals surface area contributed by atoms with Gasteiger partial charge in [-0.1, -0.05) is 29.3 Å².